The van der Waals surface area contributed by atoms with Crippen molar-refractivity contribution in [2.24, 2.45) is 0 Å². The molecule has 2 heteroatoms. The van der Waals surface area contributed by atoms with Gasteiger partial charge in [-0.15, -0.1) is 0 Å². The van der Waals surface area contributed by atoms with Crippen molar-refractivity contribution in [1.29, 1.82) is 0 Å². The number of benzene rings is 1. The van der Waals surface area contributed by atoms with Gasteiger partial charge in [0, 0.05) is 17.2 Å². The molecule has 23 heavy (non-hydrogen) atoms. The van der Waals surface area contributed by atoms with E-state index in [0.717, 1.165) is 23.5 Å². The first-order chi connectivity index (χ1) is 10.7. The van der Waals surface area contributed by atoms with Crippen LogP contribution in [0.3, 0.4) is 0 Å². The smallest absolute Gasteiger partial charge is 0.125 e. The summed E-state index contributed by atoms with van der Waals surface area (Å²) in [6.07, 6.45) is 2.94. The van der Waals surface area contributed by atoms with E-state index >= 15 is 0 Å². The van der Waals surface area contributed by atoms with E-state index in [-0.39, 0.29) is 5.41 Å². The molecule has 1 heterocycles. The quantitative estimate of drug-likeness (QED) is 0.685. The Morgan fingerprint density at radius 3 is 2.35 bits per heavy atom. The summed E-state index contributed by atoms with van der Waals surface area (Å²) in [7, 11) is 0. The number of aromatic nitrogens is 2. The van der Waals surface area contributed by atoms with E-state index in [4.69, 9.17) is 0 Å². The van der Waals surface area contributed by atoms with Crippen molar-refractivity contribution in [3.05, 3.63) is 58.6 Å². The Morgan fingerprint density at radius 2 is 1.78 bits per heavy atom. The number of nitrogens with zero attached hydrogens (tertiary/aromatic N) is 2. The highest BCUT2D eigenvalue weighted by Gasteiger charge is 2.28. The molecule has 0 bridgehead atoms. The Kier molecular flexibility index (Phi) is 4.74. The van der Waals surface area contributed by atoms with Crippen molar-refractivity contribution < 1.29 is 0 Å². The minimum absolute atomic E-state index is 0.0131. The fourth-order valence-electron chi connectivity index (χ4n) is 3.11. The molecule has 1 aromatic carbocycles. The van der Waals surface area contributed by atoms with Crippen LogP contribution in [-0.2, 0) is 5.41 Å². The van der Waals surface area contributed by atoms with Crippen LogP contribution in [0.4, 0.5) is 0 Å². The first-order valence-corrected chi connectivity index (χ1v) is 8.29. The van der Waals surface area contributed by atoms with Crippen molar-refractivity contribution in [1.82, 2.24) is 9.97 Å². The lowest BCUT2D eigenvalue weighted by molar-refractivity contribution is 0.535. The van der Waals surface area contributed by atoms with E-state index in [9.17, 15) is 0 Å². The zero-order valence-corrected chi connectivity index (χ0v) is 15.5. The van der Waals surface area contributed by atoms with E-state index in [2.05, 4.69) is 70.2 Å². The van der Waals surface area contributed by atoms with E-state index in [1.807, 2.05) is 13.1 Å². The summed E-state index contributed by atoms with van der Waals surface area (Å²) in [5.41, 5.74) is 8.51. The first kappa shape index (κ1) is 17.4. The predicted molar refractivity (Wildman–Crippen MR) is 98.9 cm³/mol. The predicted octanol–water partition coefficient (Wildman–Crippen LogP) is 5.62. The Bertz CT molecular complexity index is 759. The van der Waals surface area contributed by atoms with E-state index in [0.29, 0.717) is 0 Å². The molecule has 2 rings (SSSR count). The monoisotopic (exact) mass is 308 g/mol. The zero-order chi connectivity index (χ0) is 17.4. The lowest BCUT2D eigenvalue weighted by atomic mass is 9.72. The molecule has 122 valence electrons. The largest absolute Gasteiger partial charge is 0.241 e. The van der Waals surface area contributed by atoms with Gasteiger partial charge in [-0.3, -0.25) is 0 Å². The first-order valence-electron chi connectivity index (χ1n) is 8.29. The fraction of sp³-hybridized carbons (Fsp3) is 0.429. The summed E-state index contributed by atoms with van der Waals surface area (Å²) < 4.78 is 0. The van der Waals surface area contributed by atoms with Gasteiger partial charge >= 0.3 is 0 Å². The molecule has 0 fully saturated rings. The van der Waals surface area contributed by atoms with Crippen molar-refractivity contribution >= 4 is 0 Å². The van der Waals surface area contributed by atoms with Gasteiger partial charge in [-0.05, 0) is 75.4 Å². The Labute approximate surface area is 140 Å². The van der Waals surface area contributed by atoms with Gasteiger partial charge in [0.2, 0.25) is 0 Å². The normalized spacial score (nSPS) is 13.7. The van der Waals surface area contributed by atoms with Gasteiger partial charge in [0.1, 0.15) is 5.82 Å². The number of aryl methyl sites for hydroxylation is 3. The van der Waals surface area contributed by atoms with Gasteiger partial charge < -0.3 is 0 Å². The summed E-state index contributed by atoms with van der Waals surface area (Å²) in [5, 5.41) is 0. The Balaban J connectivity index is 2.75. The van der Waals surface area contributed by atoms with Crippen LogP contribution in [0.15, 0.2) is 30.5 Å². The molecular weight excluding hydrogens is 280 g/mol. The average molecular weight is 308 g/mol. The highest BCUT2D eigenvalue weighted by molar-refractivity contribution is 5.66. The highest BCUT2D eigenvalue weighted by Crippen LogP contribution is 2.39. The summed E-state index contributed by atoms with van der Waals surface area (Å²) in [6.45, 7) is 19.3. The Morgan fingerprint density at radius 1 is 1.13 bits per heavy atom. The standard InChI is InChI=1S/C21H28N2/c1-9-21(8,13(2)3)19-11-18(10-14(4)16(19)6)20-15(5)12-22-17(7)23-20/h10-12H,2,9H2,1,3-8H3. The second-order valence-corrected chi connectivity index (χ2v) is 6.88. The molecule has 1 unspecified atom stereocenters. The third kappa shape index (κ3) is 3.08. The van der Waals surface area contributed by atoms with E-state index < -0.39 is 0 Å². The van der Waals surface area contributed by atoms with Gasteiger partial charge in [0.05, 0.1) is 5.69 Å². The molecule has 2 aromatic rings. The molecule has 0 spiro atoms. The molecule has 1 atom stereocenters. The molecule has 0 N–H and O–H groups in total. The second kappa shape index (κ2) is 6.27. The molecule has 0 amide bonds. The third-order valence-corrected chi connectivity index (χ3v) is 5.28. The Hall–Kier alpha value is -1.96. The summed E-state index contributed by atoms with van der Waals surface area (Å²) >= 11 is 0. The van der Waals surface area contributed by atoms with Crippen molar-refractivity contribution in [2.75, 3.05) is 0 Å². The van der Waals surface area contributed by atoms with Crippen LogP contribution >= 0.6 is 0 Å². The summed E-state index contributed by atoms with van der Waals surface area (Å²) in [6, 6.07) is 4.54. The molecule has 0 aliphatic carbocycles. The van der Waals surface area contributed by atoms with Crippen molar-refractivity contribution in [2.45, 2.75) is 60.3 Å². The van der Waals surface area contributed by atoms with Crippen LogP contribution in [0, 0.1) is 27.7 Å². The highest BCUT2D eigenvalue weighted by atomic mass is 14.9. The fourth-order valence-corrected chi connectivity index (χ4v) is 3.11. The number of hydrogen-bond donors (Lipinski definition) is 0. The van der Waals surface area contributed by atoms with Gasteiger partial charge in [0.15, 0.2) is 0 Å². The molecule has 0 aliphatic rings. The van der Waals surface area contributed by atoms with Gasteiger partial charge in [-0.1, -0.05) is 26.0 Å². The van der Waals surface area contributed by atoms with Crippen LogP contribution < -0.4 is 0 Å². The minimum atomic E-state index is -0.0131. The second-order valence-electron chi connectivity index (χ2n) is 6.88. The molecule has 0 aliphatic heterocycles. The third-order valence-electron chi connectivity index (χ3n) is 5.28. The van der Waals surface area contributed by atoms with Crippen molar-refractivity contribution in [3.8, 4) is 11.3 Å². The maximum Gasteiger partial charge on any atom is 0.125 e. The van der Waals surface area contributed by atoms with Gasteiger partial charge in [-0.2, -0.15) is 0 Å². The molecule has 0 saturated heterocycles. The van der Waals surface area contributed by atoms with Crippen molar-refractivity contribution in [3.63, 3.8) is 0 Å². The van der Waals surface area contributed by atoms with Gasteiger partial charge in [-0.25, -0.2) is 9.97 Å². The zero-order valence-electron chi connectivity index (χ0n) is 15.5. The molecule has 2 nitrogen and oxygen atoms in total. The molecular formula is C21H28N2. The van der Waals surface area contributed by atoms with Gasteiger partial charge in [0.25, 0.3) is 0 Å². The van der Waals surface area contributed by atoms with Crippen LogP contribution in [0.5, 0.6) is 0 Å². The van der Waals surface area contributed by atoms with Crippen LogP contribution in [-0.4, -0.2) is 9.97 Å². The number of rotatable bonds is 4. The average Bonchev–Trinajstić information content (AvgIpc) is 2.51. The molecule has 1 aromatic heterocycles. The van der Waals surface area contributed by atoms with Crippen LogP contribution in [0.25, 0.3) is 11.3 Å². The molecule has 0 saturated carbocycles. The minimum Gasteiger partial charge on any atom is -0.241 e. The topological polar surface area (TPSA) is 25.8 Å². The van der Waals surface area contributed by atoms with Crippen LogP contribution in [0.2, 0.25) is 0 Å². The maximum atomic E-state index is 4.67. The maximum absolute atomic E-state index is 4.67. The number of hydrogen-bond acceptors (Lipinski definition) is 2. The lowest BCUT2D eigenvalue weighted by Crippen LogP contribution is -2.23. The number of allylic oxidation sites excluding steroid dienone is 1. The van der Waals surface area contributed by atoms with E-state index in [1.165, 1.54) is 27.8 Å². The van der Waals surface area contributed by atoms with E-state index in [1.54, 1.807) is 0 Å². The molecule has 0 radical (unpaired) electrons. The SMILES string of the molecule is C=C(C)C(C)(CC)c1cc(-c2nc(C)ncc2C)cc(C)c1C. The lowest BCUT2D eigenvalue weighted by Gasteiger charge is -2.32. The summed E-state index contributed by atoms with van der Waals surface area (Å²) in [5.74, 6) is 0.809. The summed E-state index contributed by atoms with van der Waals surface area (Å²) in [4.78, 5) is 8.97. The van der Waals surface area contributed by atoms with Crippen LogP contribution in [0.1, 0.15) is 55.3 Å².